The van der Waals surface area contributed by atoms with E-state index >= 15 is 0 Å². The van der Waals surface area contributed by atoms with E-state index in [4.69, 9.17) is 11.8 Å². The number of halogens is 1. The van der Waals surface area contributed by atoms with Gasteiger partial charge in [0.15, 0.2) is 0 Å². The average molecular weight is 387 g/mol. The van der Waals surface area contributed by atoms with E-state index in [0.29, 0.717) is 0 Å². The number of hydrogen-bond acceptors (Lipinski definition) is 2. The average Bonchev–Trinajstić information content (AvgIpc) is 2.75. The Kier molecular flexibility index (Phi) is 5.31. The van der Waals surface area contributed by atoms with Crippen LogP contribution in [-0.2, 0) is 0 Å². The molecule has 3 aromatic rings. The molecule has 2 nitrogen and oxygen atoms in total. The lowest BCUT2D eigenvalue weighted by atomic mass is 9.89. The highest BCUT2D eigenvalue weighted by Gasteiger charge is 2.16. The van der Waals surface area contributed by atoms with E-state index in [1.54, 1.807) is 4.42 Å². The van der Waals surface area contributed by atoms with Crippen LogP contribution in [0.15, 0.2) is 77.8 Å². The lowest BCUT2D eigenvalue weighted by Gasteiger charge is -2.21. The second-order valence-electron chi connectivity index (χ2n) is 6.74. The van der Waals surface area contributed by atoms with Crippen molar-refractivity contribution < 1.29 is 0 Å². The summed E-state index contributed by atoms with van der Waals surface area (Å²) in [6.45, 7) is 5.63. The lowest BCUT2D eigenvalue weighted by Crippen LogP contribution is -2.11. The molecule has 0 fully saturated rings. The number of aliphatic imine (C=N–C) groups is 1. The lowest BCUT2D eigenvalue weighted by molar-refractivity contribution is 1.11. The van der Waals surface area contributed by atoms with E-state index in [-0.39, 0.29) is 0 Å². The van der Waals surface area contributed by atoms with Crippen LogP contribution in [0.1, 0.15) is 30.5 Å². The molecule has 0 bridgehead atoms. The molecule has 0 heterocycles. The first-order valence-corrected chi connectivity index (χ1v) is 10.1. The topological polar surface area (TPSA) is 15.6 Å². The summed E-state index contributed by atoms with van der Waals surface area (Å²) in [5.74, 6) is 0. The smallest absolute Gasteiger partial charge is 0.0673 e. The van der Waals surface area contributed by atoms with Gasteiger partial charge in [-0.1, -0.05) is 66.7 Å². The maximum absolute atomic E-state index is 6.62. The Bertz CT molecular complexity index is 1110. The molecule has 140 valence electrons. The van der Waals surface area contributed by atoms with Gasteiger partial charge >= 0.3 is 0 Å². The highest BCUT2D eigenvalue weighted by Crippen LogP contribution is 2.36. The molecule has 28 heavy (non-hydrogen) atoms. The largest absolute Gasteiger partial charge is 0.285 e. The number of benzene rings is 3. The Balaban J connectivity index is 1.91. The molecule has 0 radical (unpaired) electrons. The van der Waals surface area contributed by atoms with Gasteiger partial charge in [-0.05, 0) is 42.5 Å². The molecule has 0 saturated carbocycles. The van der Waals surface area contributed by atoms with Gasteiger partial charge in [0.1, 0.15) is 0 Å². The second kappa shape index (κ2) is 8.04. The standard InChI is InChI=1S/C25H23ClN2/c1-3-27-24-16-15-19(21-10-7-8-12-23(21)24)17-20-14-13-18-9-5-6-11-22(18)25(20)28(26)4-2/h5-17H,3-4H2,1-2H3/b19-17+,27-24?. The molecule has 0 spiro atoms. The molecule has 0 unspecified atom stereocenters. The normalized spacial score (nSPS) is 16.0. The molecule has 3 aromatic carbocycles. The quantitative estimate of drug-likeness (QED) is 0.453. The molecule has 0 aromatic heterocycles. The van der Waals surface area contributed by atoms with Crippen molar-refractivity contribution in [2.45, 2.75) is 13.8 Å². The summed E-state index contributed by atoms with van der Waals surface area (Å²) in [6, 6.07) is 21.1. The summed E-state index contributed by atoms with van der Waals surface area (Å²) < 4.78 is 1.80. The summed E-state index contributed by atoms with van der Waals surface area (Å²) in [5.41, 5.74) is 6.76. The van der Waals surface area contributed by atoms with Crippen molar-refractivity contribution in [1.29, 1.82) is 0 Å². The molecule has 0 saturated heterocycles. The van der Waals surface area contributed by atoms with E-state index in [0.717, 1.165) is 35.4 Å². The van der Waals surface area contributed by atoms with Crippen LogP contribution in [0.25, 0.3) is 22.4 Å². The van der Waals surface area contributed by atoms with Crippen LogP contribution in [0.3, 0.4) is 0 Å². The van der Waals surface area contributed by atoms with Crippen LogP contribution in [0.2, 0.25) is 0 Å². The van der Waals surface area contributed by atoms with Crippen molar-refractivity contribution in [2.75, 3.05) is 17.5 Å². The fourth-order valence-electron chi connectivity index (χ4n) is 3.73. The fourth-order valence-corrected chi connectivity index (χ4v) is 3.91. The maximum Gasteiger partial charge on any atom is 0.0673 e. The summed E-state index contributed by atoms with van der Waals surface area (Å²) in [7, 11) is 0. The molecule has 1 aliphatic rings. The Morgan fingerprint density at radius 3 is 2.43 bits per heavy atom. The molecule has 3 heteroatoms. The van der Waals surface area contributed by atoms with E-state index in [2.05, 4.69) is 97.7 Å². The predicted octanol–water partition coefficient (Wildman–Crippen LogP) is 6.74. The highest BCUT2D eigenvalue weighted by molar-refractivity contribution is 6.28. The van der Waals surface area contributed by atoms with Gasteiger partial charge in [0.25, 0.3) is 0 Å². The monoisotopic (exact) mass is 386 g/mol. The third-order valence-corrected chi connectivity index (χ3v) is 5.43. The van der Waals surface area contributed by atoms with Crippen LogP contribution in [0.4, 0.5) is 5.69 Å². The number of rotatable bonds is 4. The van der Waals surface area contributed by atoms with Gasteiger partial charge in [0.2, 0.25) is 0 Å². The molecule has 0 aliphatic heterocycles. The minimum atomic E-state index is 0.728. The maximum atomic E-state index is 6.62. The van der Waals surface area contributed by atoms with E-state index in [9.17, 15) is 0 Å². The first kappa shape index (κ1) is 18.5. The van der Waals surface area contributed by atoms with Crippen molar-refractivity contribution in [3.8, 4) is 0 Å². The zero-order chi connectivity index (χ0) is 19.5. The first-order valence-electron chi connectivity index (χ1n) is 9.72. The zero-order valence-corrected chi connectivity index (χ0v) is 16.9. The van der Waals surface area contributed by atoms with Gasteiger partial charge in [0, 0.05) is 41.4 Å². The van der Waals surface area contributed by atoms with Gasteiger partial charge in [-0.15, -0.1) is 0 Å². The molecule has 0 N–H and O–H groups in total. The van der Waals surface area contributed by atoms with Crippen LogP contribution >= 0.6 is 11.8 Å². The van der Waals surface area contributed by atoms with Crippen molar-refractivity contribution >= 4 is 45.6 Å². The number of hydrogen-bond donors (Lipinski definition) is 0. The Hall–Kier alpha value is -2.84. The summed E-state index contributed by atoms with van der Waals surface area (Å²) >= 11 is 6.62. The number of nitrogens with zero attached hydrogens (tertiary/aromatic N) is 2. The summed E-state index contributed by atoms with van der Waals surface area (Å²) in [5, 5.41) is 2.35. The SMILES string of the molecule is CCN=C1C=C/C(=C\c2ccc3ccccc3c2N(Cl)CC)c2ccccc21. The first-order chi connectivity index (χ1) is 13.7. The minimum Gasteiger partial charge on any atom is -0.285 e. The zero-order valence-electron chi connectivity index (χ0n) is 16.2. The molecule has 4 rings (SSSR count). The molecule has 0 amide bonds. The number of allylic oxidation sites excluding steroid dienone is 3. The van der Waals surface area contributed by atoms with Crippen LogP contribution < -0.4 is 4.42 Å². The second-order valence-corrected chi connectivity index (χ2v) is 7.15. The van der Waals surface area contributed by atoms with Gasteiger partial charge < -0.3 is 0 Å². The van der Waals surface area contributed by atoms with Crippen molar-refractivity contribution in [3.63, 3.8) is 0 Å². The Labute approximate surface area is 171 Å². The van der Waals surface area contributed by atoms with E-state index in [1.165, 1.54) is 22.1 Å². The third kappa shape index (κ3) is 3.36. The van der Waals surface area contributed by atoms with Crippen molar-refractivity contribution in [2.24, 2.45) is 4.99 Å². The Morgan fingerprint density at radius 1 is 0.893 bits per heavy atom. The van der Waals surface area contributed by atoms with E-state index < -0.39 is 0 Å². The minimum absolute atomic E-state index is 0.728. The Morgan fingerprint density at radius 2 is 1.64 bits per heavy atom. The van der Waals surface area contributed by atoms with Gasteiger partial charge in [-0.3, -0.25) is 9.41 Å². The molecular weight excluding hydrogens is 364 g/mol. The summed E-state index contributed by atoms with van der Waals surface area (Å²) in [4.78, 5) is 4.64. The number of anilines is 1. The van der Waals surface area contributed by atoms with E-state index in [1.807, 2.05) is 0 Å². The molecule has 1 aliphatic carbocycles. The fraction of sp³-hybridized carbons (Fsp3) is 0.160. The number of fused-ring (bicyclic) bond motifs is 2. The van der Waals surface area contributed by atoms with Crippen LogP contribution in [-0.4, -0.2) is 18.8 Å². The van der Waals surface area contributed by atoms with Crippen molar-refractivity contribution in [1.82, 2.24) is 0 Å². The highest BCUT2D eigenvalue weighted by atomic mass is 35.5. The van der Waals surface area contributed by atoms with Crippen LogP contribution in [0.5, 0.6) is 0 Å². The molecular formula is C25H23ClN2. The van der Waals surface area contributed by atoms with Gasteiger partial charge in [0.05, 0.1) is 11.4 Å². The third-order valence-electron chi connectivity index (χ3n) is 5.03. The van der Waals surface area contributed by atoms with Crippen molar-refractivity contribution in [3.05, 3.63) is 89.5 Å². The van der Waals surface area contributed by atoms with Gasteiger partial charge in [-0.2, -0.15) is 0 Å². The molecule has 0 atom stereocenters. The summed E-state index contributed by atoms with van der Waals surface area (Å²) in [6.07, 6.45) is 6.49. The predicted molar refractivity (Wildman–Crippen MR) is 123 cm³/mol. The van der Waals surface area contributed by atoms with Gasteiger partial charge in [-0.25, -0.2) is 0 Å². The van der Waals surface area contributed by atoms with Crippen LogP contribution in [0, 0.1) is 0 Å².